The minimum absolute atomic E-state index is 0.101. The van der Waals surface area contributed by atoms with Crippen molar-refractivity contribution in [1.82, 2.24) is 10.2 Å². The lowest BCUT2D eigenvalue weighted by Gasteiger charge is -2.37. The lowest BCUT2D eigenvalue weighted by molar-refractivity contribution is -0.121. The quantitative estimate of drug-likeness (QED) is 0.799. The van der Waals surface area contributed by atoms with E-state index in [4.69, 9.17) is 9.47 Å². The van der Waals surface area contributed by atoms with Gasteiger partial charge < -0.3 is 19.7 Å². The van der Waals surface area contributed by atoms with E-state index in [0.29, 0.717) is 23.4 Å². The smallest absolute Gasteiger partial charge is 0.412 e. The summed E-state index contributed by atoms with van der Waals surface area (Å²) in [7, 11) is 1.54. The summed E-state index contributed by atoms with van der Waals surface area (Å²) in [6, 6.07) is 5.02. The number of Topliss-reactive ketones (excluding diaryl/α,β-unsaturated/α-hetero) is 1. The highest BCUT2D eigenvalue weighted by atomic mass is 16.6. The van der Waals surface area contributed by atoms with Crippen molar-refractivity contribution in [3.05, 3.63) is 29.3 Å². The van der Waals surface area contributed by atoms with Crippen LogP contribution in [0.3, 0.4) is 0 Å². The summed E-state index contributed by atoms with van der Waals surface area (Å²) in [6.45, 7) is 9.67. The van der Waals surface area contributed by atoms with Crippen molar-refractivity contribution in [1.29, 1.82) is 0 Å². The fourth-order valence-electron chi connectivity index (χ4n) is 3.25. The minimum Gasteiger partial charge on any atom is -0.497 e. The first kappa shape index (κ1) is 20.7. The van der Waals surface area contributed by atoms with Gasteiger partial charge in [0.2, 0.25) is 11.7 Å². The lowest BCUT2D eigenvalue weighted by atomic mass is 9.95. The fourth-order valence-corrected chi connectivity index (χ4v) is 3.25. The van der Waals surface area contributed by atoms with Gasteiger partial charge in [-0.2, -0.15) is 0 Å². The van der Waals surface area contributed by atoms with Crippen LogP contribution in [0.5, 0.6) is 5.75 Å². The van der Waals surface area contributed by atoms with E-state index in [1.807, 2.05) is 27.7 Å². The first-order valence-electron chi connectivity index (χ1n) is 9.05. The second kappa shape index (κ2) is 7.58. The Kier molecular flexibility index (Phi) is 5.82. The molecule has 1 fully saturated rings. The Morgan fingerprint density at radius 1 is 1.30 bits per heavy atom. The van der Waals surface area contributed by atoms with Crippen LogP contribution in [0.2, 0.25) is 0 Å². The van der Waals surface area contributed by atoms with Crippen molar-refractivity contribution in [2.24, 2.45) is 0 Å². The van der Waals surface area contributed by atoms with Crippen molar-refractivity contribution in [3.8, 4) is 5.75 Å². The molecular formula is C20H28N2O5. The molecule has 0 saturated carbocycles. The van der Waals surface area contributed by atoms with E-state index in [-0.39, 0.29) is 18.7 Å². The van der Waals surface area contributed by atoms with Crippen molar-refractivity contribution in [3.63, 3.8) is 0 Å². The van der Waals surface area contributed by atoms with Crippen LogP contribution in [-0.2, 0) is 9.53 Å². The Hall–Kier alpha value is -2.57. The molecule has 1 atom stereocenters. The van der Waals surface area contributed by atoms with E-state index in [2.05, 4.69) is 5.32 Å². The van der Waals surface area contributed by atoms with E-state index in [1.165, 1.54) is 4.90 Å². The number of hydrogen-bond donors (Lipinski definition) is 1. The third kappa shape index (κ3) is 4.23. The Bertz CT molecular complexity index is 753. The van der Waals surface area contributed by atoms with Gasteiger partial charge in [0, 0.05) is 30.5 Å². The van der Waals surface area contributed by atoms with Gasteiger partial charge in [-0.3, -0.25) is 9.59 Å². The number of methoxy groups -OCH3 is 1. The van der Waals surface area contributed by atoms with Crippen molar-refractivity contribution >= 4 is 17.8 Å². The molecule has 1 aliphatic rings. The van der Waals surface area contributed by atoms with Gasteiger partial charge >= 0.3 is 6.09 Å². The molecule has 0 aromatic heterocycles. The molecule has 0 aliphatic carbocycles. The largest absolute Gasteiger partial charge is 0.497 e. The molecule has 1 aromatic carbocycles. The average molecular weight is 376 g/mol. The number of rotatable bonds is 5. The van der Waals surface area contributed by atoms with Crippen LogP contribution in [0.4, 0.5) is 4.79 Å². The Labute approximate surface area is 160 Å². The van der Waals surface area contributed by atoms with Gasteiger partial charge in [-0.25, -0.2) is 4.79 Å². The summed E-state index contributed by atoms with van der Waals surface area (Å²) in [5.41, 5.74) is -1.11. The highest BCUT2D eigenvalue weighted by Gasteiger charge is 2.50. The number of hydrogen-bond acceptors (Lipinski definition) is 5. The number of aryl methyl sites for hydroxylation is 1. The maximum Gasteiger partial charge on any atom is 0.412 e. The molecule has 7 heteroatoms. The number of ketones is 1. The topological polar surface area (TPSA) is 84.9 Å². The number of nitrogens with zero attached hydrogens (tertiary/aromatic N) is 1. The molecule has 1 N–H and O–H groups in total. The predicted octanol–water partition coefficient (Wildman–Crippen LogP) is 3.05. The molecule has 0 spiro atoms. The van der Waals surface area contributed by atoms with Crippen LogP contribution < -0.4 is 10.1 Å². The Balaban J connectivity index is 2.38. The monoisotopic (exact) mass is 376 g/mol. The van der Waals surface area contributed by atoms with Crippen LogP contribution in [0.1, 0.15) is 56.5 Å². The Morgan fingerprint density at radius 3 is 2.41 bits per heavy atom. The zero-order chi connectivity index (χ0) is 20.4. The average Bonchev–Trinajstić information content (AvgIpc) is 2.95. The Morgan fingerprint density at radius 2 is 1.96 bits per heavy atom. The standard InChI is InChI=1S/C20H28N2O5/c1-7-22(19(3,4)5)18(25)27-20(11-10-16(23)21-20)17(24)15-9-8-14(26-6)12-13(15)2/h8-9,12H,7,10-11H2,1-6H3,(H,21,23). The van der Waals surface area contributed by atoms with Crippen LogP contribution in [0.25, 0.3) is 0 Å². The van der Waals surface area contributed by atoms with Gasteiger partial charge in [0.15, 0.2) is 0 Å². The van der Waals surface area contributed by atoms with E-state index < -0.39 is 23.1 Å². The third-order valence-corrected chi connectivity index (χ3v) is 4.70. The number of carbonyl (C=O) groups excluding carboxylic acids is 3. The molecule has 1 saturated heterocycles. The minimum atomic E-state index is -1.69. The molecule has 1 aliphatic heterocycles. The fraction of sp³-hybridized carbons (Fsp3) is 0.550. The number of carbonyl (C=O) groups is 3. The summed E-state index contributed by atoms with van der Waals surface area (Å²) >= 11 is 0. The SMILES string of the molecule is CCN(C(=O)OC1(C(=O)c2ccc(OC)cc2C)CCC(=O)N1)C(C)(C)C. The van der Waals surface area contributed by atoms with Crippen LogP contribution in [-0.4, -0.2) is 47.6 Å². The maximum atomic E-state index is 13.3. The van der Waals surface area contributed by atoms with Crippen LogP contribution in [0, 0.1) is 6.92 Å². The summed E-state index contributed by atoms with van der Waals surface area (Å²) in [4.78, 5) is 39.5. The molecule has 2 rings (SSSR count). The van der Waals surface area contributed by atoms with Crippen LogP contribution >= 0.6 is 0 Å². The normalized spacial score (nSPS) is 19.4. The summed E-state index contributed by atoms with van der Waals surface area (Å²) in [5.74, 6) is -0.136. The van der Waals surface area contributed by atoms with Crippen molar-refractivity contribution in [2.75, 3.05) is 13.7 Å². The molecule has 0 bridgehead atoms. The molecule has 2 amide bonds. The van der Waals surface area contributed by atoms with Gasteiger partial charge in [-0.15, -0.1) is 0 Å². The van der Waals surface area contributed by atoms with E-state index in [0.717, 1.165) is 0 Å². The molecule has 0 radical (unpaired) electrons. The molecule has 1 unspecified atom stereocenters. The first-order valence-corrected chi connectivity index (χ1v) is 9.05. The second-order valence-electron chi connectivity index (χ2n) is 7.67. The molecule has 1 aromatic rings. The lowest BCUT2D eigenvalue weighted by Crippen LogP contribution is -2.56. The maximum absolute atomic E-state index is 13.3. The van der Waals surface area contributed by atoms with Gasteiger partial charge in [-0.1, -0.05) is 0 Å². The van der Waals surface area contributed by atoms with Gasteiger partial charge in [0.1, 0.15) is 5.75 Å². The number of ether oxygens (including phenoxy) is 2. The molecular weight excluding hydrogens is 348 g/mol. The molecule has 148 valence electrons. The van der Waals surface area contributed by atoms with Crippen molar-refractivity contribution < 1.29 is 23.9 Å². The predicted molar refractivity (Wildman–Crippen MR) is 101 cm³/mol. The summed E-state index contributed by atoms with van der Waals surface area (Å²) < 4.78 is 10.8. The second-order valence-corrected chi connectivity index (χ2v) is 7.67. The molecule has 7 nitrogen and oxygen atoms in total. The van der Waals surface area contributed by atoms with Gasteiger partial charge in [0.05, 0.1) is 7.11 Å². The highest BCUT2D eigenvalue weighted by molar-refractivity contribution is 6.07. The van der Waals surface area contributed by atoms with Crippen molar-refractivity contribution in [2.45, 2.75) is 58.7 Å². The zero-order valence-corrected chi connectivity index (χ0v) is 16.8. The highest BCUT2D eigenvalue weighted by Crippen LogP contribution is 2.30. The number of amides is 2. The number of nitrogens with one attached hydrogen (secondary N) is 1. The molecule has 27 heavy (non-hydrogen) atoms. The molecule has 1 heterocycles. The van der Waals surface area contributed by atoms with Crippen LogP contribution in [0.15, 0.2) is 18.2 Å². The zero-order valence-electron chi connectivity index (χ0n) is 16.8. The first-order chi connectivity index (χ1) is 12.5. The van der Waals surface area contributed by atoms with E-state index in [1.54, 1.807) is 32.2 Å². The summed E-state index contributed by atoms with van der Waals surface area (Å²) in [6.07, 6.45) is -0.411. The third-order valence-electron chi connectivity index (χ3n) is 4.70. The van der Waals surface area contributed by atoms with E-state index in [9.17, 15) is 14.4 Å². The van der Waals surface area contributed by atoms with Gasteiger partial charge in [-0.05, 0) is 58.4 Å². The number of benzene rings is 1. The van der Waals surface area contributed by atoms with E-state index >= 15 is 0 Å². The van der Waals surface area contributed by atoms with Gasteiger partial charge in [0.25, 0.3) is 5.72 Å². The summed E-state index contributed by atoms with van der Waals surface area (Å²) in [5, 5.41) is 2.59.